The van der Waals surface area contributed by atoms with Crippen molar-refractivity contribution in [2.45, 2.75) is 13.0 Å². The fourth-order valence-corrected chi connectivity index (χ4v) is 2.66. The molecule has 2 aromatic rings. The van der Waals surface area contributed by atoms with Gasteiger partial charge in [-0.25, -0.2) is 0 Å². The molecule has 0 aliphatic carbocycles. The van der Waals surface area contributed by atoms with Crippen molar-refractivity contribution in [3.8, 4) is 11.5 Å². The Morgan fingerprint density at radius 3 is 2.47 bits per heavy atom. The van der Waals surface area contributed by atoms with Crippen LogP contribution in [0.5, 0.6) is 11.5 Å². The third kappa shape index (κ3) is 2.35. The van der Waals surface area contributed by atoms with Crippen LogP contribution in [0.15, 0.2) is 33.2 Å². The molecule has 0 fully saturated rings. The maximum Gasteiger partial charge on any atom is 0.162 e. The number of hydrogen-bond donors (Lipinski definition) is 1. The summed E-state index contributed by atoms with van der Waals surface area (Å²) in [4.78, 5) is 0. The van der Waals surface area contributed by atoms with E-state index in [2.05, 4.69) is 15.9 Å². The lowest BCUT2D eigenvalue weighted by Crippen LogP contribution is -2.17. The molecule has 4 nitrogen and oxygen atoms in total. The number of benzene rings is 1. The van der Waals surface area contributed by atoms with Crippen LogP contribution in [0, 0.1) is 6.92 Å². The maximum absolute atomic E-state index is 6.24. The molecule has 1 atom stereocenters. The molecule has 0 amide bonds. The predicted octanol–water partition coefficient (Wildman–Crippen LogP) is 3.17. The van der Waals surface area contributed by atoms with Crippen LogP contribution in [0.2, 0.25) is 0 Å². The Bertz CT molecular complexity index is 609. The van der Waals surface area contributed by atoms with Gasteiger partial charge in [-0.05, 0) is 36.8 Å². The molecule has 0 bridgehead atoms. The fourth-order valence-electron chi connectivity index (χ4n) is 2.09. The average Bonchev–Trinajstić information content (AvgIpc) is 2.84. The second-order valence-electron chi connectivity index (χ2n) is 4.44. The normalized spacial score (nSPS) is 15.3. The monoisotopic (exact) mass is 323 g/mol. The lowest BCUT2D eigenvalue weighted by atomic mass is 10.0. The largest absolute Gasteiger partial charge is 0.486 e. The Balaban J connectivity index is 2.00. The van der Waals surface area contributed by atoms with Gasteiger partial charge in [0.05, 0.1) is 6.04 Å². The van der Waals surface area contributed by atoms with E-state index in [9.17, 15) is 0 Å². The minimum atomic E-state index is -0.334. The van der Waals surface area contributed by atoms with E-state index < -0.39 is 0 Å². The Hall–Kier alpha value is -1.46. The van der Waals surface area contributed by atoms with E-state index in [-0.39, 0.29) is 6.04 Å². The van der Waals surface area contributed by atoms with Gasteiger partial charge in [-0.2, -0.15) is 0 Å². The fraction of sp³-hybridized carbons (Fsp3) is 0.286. The van der Waals surface area contributed by atoms with Gasteiger partial charge in [-0.15, -0.1) is 0 Å². The number of nitrogens with two attached hydrogens (primary N) is 1. The van der Waals surface area contributed by atoms with Crippen LogP contribution in [-0.2, 0) is 0 Å². The SMILES string of the molecule is Cc1ccc(C(N)c2cc3c(cc2Br)OCCO3)o1. The van der Waals surface area contributed by atoms with Crippen molar-refractivity contribution in [3.05, 3.63) is 45.8 Å². The average molecular weight is 324 g/mol. The van der Waals surface area contributed by atoms with Crippen LogP contribution in [0.3, 0.4) is 0 Å². The van der Waals surface area contributed by atoms with Crippen LogP contribution in [-0.4, -0.2) is 13.2 Å². The van der Waals surface area contributed by atoms with Crippen LogP contribution in [0.4, 0.5) is 0 Å². The van der Waals surface area contributed by atoms with E-state index in [1.54, 1.807) is 0 Å². The third-order valence-electron chi connectivity index (χ3n) is 3.06. The van der Waals surface area contributed by atoms with Gasteiger partial charge in [0.15, 0.2) is 11.5 Å². The van der Waals surface area contributed by atoms with Crippen molar-refractivity contribution < 1.29 is 13.9 Å². The summed E-state index contributed by atoms with van der Waals surface area (Å²) in [6.45, 7) is 3.03. The van der Waals surface area contributed by atoms with Gasteiger partial charge in [0.25, 0.3) is 0 Å². The second kappa shape index (κ2) is 4.90. The van der Waals surface area contributed by atoms with Crippen LogP contribution in [0.1, 0.15) is 23.1 Å². The summed E-state index contributed by atoms with van der Waals surface area (Å²) in [5.74, 6) is 3.04. The molecule has 1 unspecified atom stereocenters. The lowest BCUT2D eigenvalue weighted by Gasteiger charge is -2.21. The highest BCUT2D eigenvalue weighted by molar-refractivity contribution is 9.10. The minimum absolute atomic E-state index is 0.334. The number of rotatable bonds is 2. The summed E-state index contributed by atoms with van der Waals surface area (Å²) < 4.78 is 17.6. The third-order valence-corrected chi connectivity index (χ3v) is 3.75. The standard InChI is InChI=1S/C14H14BrNO3/c1-8-2-3-11(19-8)14(16)9-6-12-13(7-10(9)15)18-5-4-17-12/h2-3,6-7,14H,4-5,16H2,1H3. The second-order valence-corrected chi connectivity index (χ2v) is 5.30. The smallest absolute Gasteiger partial charge is 0.162 e. The molecule has 0 spiro atoms. The summed E-state index contributed by atoms with van der Waals surface area (Å²) >= 11 is 3.52. The Labute approximate surface area is 119 Å². The summed E-state index contributed by atoms with van der Waals surface area (Å²) in [7, 11) is 0. The van der Waals surface area contributed by atoms with Gasteiger partial charge in [0.1, 0.15) is 24.7 Å². The van der Waals surface area contributed by atoms with Gasteiger partial charge >= 0.3 is 0 Å². The highest BCUT2D eigenvalue weighted by Crippen LogP contribution is 2.38. The number of furan rings is 1. The van der Waals surface area contributed by atoms with E-state index in [0.717, 1.165) is 33.1 Å². The first-order valence-corrected chi connectivity index (χ1v) is 6.85. The van der Waals surface area contributed by atoms with E-state index >= 15 is 0 Å². The summed E-state index contributed by atoms with van der Waals surface area (Å²) in [6.07, 6.45) is 0. The number of hydrogen-bond acceptors (Lipinski definition) is 4. The van der Waals surface area contributed by atoms with Crippen molar-refractivity contribution in [1.29, 1.82) is 0 Å². The molecule has 3 rings (SSSR count). The Morgan fingerprint density at radius 2 is 1.84 bits per heavy atom. The molecular weight excluding hydrogens is 310 g/mol. The lowest BCUT2D eigenvalue weighted by molar-refractivity contribution is 0.171. The van der Waals surface area contributed by atoms with Gasteiger partial charge in [0, 0.05) is 4.47 Å². The highest BCUT2D eigenvalue weighted by atomic mass is 79.9. The molecular formula is C14H14BrNO3. The summed E-state index contributed by atoms with van der Waals surface area (Å²) in [5, 5.41) is 0. The van der Waals surface area contributed by atoms with Gasteiger partial charge in [-0.1, -0.05) is 15.9 Å². The Kier molecular flexibility index (Phi) is 3.24. The Morgan fingerprint density at radius 1 is 1.16 bits per heavy atom. The molecule has 19 heavy (non-hydrogen) atoms. The predicted molar refractivity (Wildman–Crippen MR) is 74.6 cm³/mol. The number of ether oxygens (including phenoxy) is 2. The van der Waals surface area contributed by atoms with Crippen molar-refractivity contribution in [1.82, 2.24) is 0 Å². The first kappa shape index (κ1) is 12.6. The quantitative estimate of drug-likeness (QED) is 0.922. The molecule has 1 aromatic carbocycles. The molecule has 0 saturated carbocycles. The number of fused-ring (bicyclic) bond motifs is 1. The zero-order chi connectivity index (χ0) is 13.4. The van der Waals surface area contributed by atoms with E-state index in [1.807, 2.05) is 31.2 Å². The number of aryl methyl sites for hydroxylation is 1. The van der Waals surface area contributed by atoms with E-state index in [4.69, 9.17) is 19.6 Å². The van der Waals surface area contributed by atoms with Crippen molar-refractivity contribution in [2.24, 2.45) is 5.73 Å². The van der Waals surface area contributed by atoms with Crippen LogP contribution < -0.4 is 15.2 Å². The van der Waals surface area contributed by atoms with Gasteiger partial charge in [0.2, 0.25) is 0 Å². The molecule has 2 N–H and O–H groups in total. The van der Waals surface area contributed by atoms with Crippen molar-refractivity contribution in [2.75, 3.05) is 13.2 Å². The first-order valence-electron chi connectivity index (χ1n) is 6.06. The maximum atomic E-state index is 6.24. The van der Waals surface area contributed by atoms with Crippen molar-refractivity contribution in [3.63, 3.8) is 0 Å². The molecule has 5 heteroatoms. The topological polar surface area (TPSA) is 57.6 Å². The van der Waals surface area contributed by atoms with Crippen LogP contribution in [0.25, 0.3) is 0 Å². The first-order chi connectivity index (χ1) is 9.15. The molecule has 1 aliphatic heterocycles. The summed E-state index contributed by atoms with van der Waals surface area (Å²) in [5.41, 5.74) is 7.16. The molecule has 100 valence electrons. The number of halogens is 1. The van der Waals surface area contributed by atoms with Gasteiger partial charge in [-0.3, -0.25) is 0 Å². The summed E-state index contributed by atoms with van der Waals surface area (Å²) in [6, 6.07) is 7.25. The molecule has 0 radical (unpaired) electrons. The molecule has 2 heterocycles. The van der Waals surface area contributed by atoms with E-state index in [1.165, 1.54) is 0 Å². The minimum Gasteiger partial charge on any atom is -0.486 e. The molecule has 1 aliphatic rings. The highest BCUT2D eigenvalue weighted by Gasteiger charge is 2.21. The zero-order valence-corrected chi connectivity index (χ0v) is 12.1. The van der Waals surface area contributed by atoms with Gasteiger partial charge < -0.3 is 19.6 Å². The van der Waals surface area contributed by atoms with E-state index in [0.29, 0.717) is 13.2 Å². The van der Waals surface area contributed by atoms with Crippen molar-refractivity contribution >= 4 is 15.9 Å². The molecule has 0 saturated heterocycles. The zero-order valence-electron chi connectivity index (χ0n) is 10.5. The molecule has 1 aromatic heterocycles. The van der Waals surface area contributed by atoms with Crippen LogP contribution >= 0.6 is 15.9 Å².